The number of thiol groups is 2. The summed E-state index contributed by atoms with van der Waals surface area (Å²) < 4.78 is 0. The molecule has 16 heavy (non-hydrogen) atoms. The van der Waals surface area contributed by atoms with Crippen molar-refractivity contribution in [2.24, 2.45) is 5.41 Å². The van der Waals surface area contributed by atoms with Gasteiger partial charge in [0.15, 0.2) is 0 Å². The summed E-state index contributed by atoms with van der Waals surface area (Å²) in [5.41, 5.74) is 0.424. The van der Waals surface area contributed by atoms with Gasteiger partial charge in [-0.15, -0.1) is 0 Å². The van der Waals surface area contributed by atoms with E-state index < -0.39 is 0 Å². The van der Waals surface area contributed by atoms with Crippen LogP contribution in [0.5, 0.6) is 0 Å². The maximum Gasteiger partial charge on any atom is 0.0241 e. The molecule has 0 spiro atoms. The molecule has 0 saturated heterocycles. The Morgan fingerprint density at radius 1 is 1.06 bits per heavy atom. The highest BCUT2D eigenvalue weighted by Gasteiger charge is 2.28. The van der Waals surface area contributed by atoms with Gasteiger partial charge in [-0.25, -0.2) is 0 Å². The zero-order valence-electron chi connectivity index (χ0n) is 11.1. The lowest BCUT2D eigenvalue weighted by molar-refractivity contribution is 0.267. The Hall–Kier alpha value is 0.620. The predicted molar refractivity (Wildman–Crippen MR) is 81.1 cm³/mol. The Bertz CT molecular complexity index is 170. The molecule has 98 valence electrons. The van der Waals surface area contributed by atoms with Crippen molar-refractivity contribution in [2.45, 2.75) is 39.2 Å². The number of hydrogen-bond donors (Lipinski definition) is 4. The SMILES string of the molecule is CCN[C@](C)(CS)CC[C@](C)(CS)CNC. The van der Waals surface area contributed by atoms with Gasteiger partial charge >= 0.3 is 0 Å². The first kappa shape index (κ1) is 16.6. The molecule has 2 nitrogen and oxygen atoms in total. The van der Waals surface area contributed by atoms with Crippen molar-refractivity contribution in [1.29, 1.82) is 0 Å². The van der Waals surface area contributed by atoms with Gasteiger partial charge in [0, 0.05) is 17.8 Å². The summed E-state index contributed by atoms with van der Waals surface area (Å²) in [6.07, 6.45) is 2.31. The van der Waals surface area contributed by atoms with E-state index in [0.29, 0.717) is 0 Å². The van der Waals surface area contributed by atoms with E-state index in [1.807, 2.05) is 7.05 Å². The highest BCUT2D eigenvalue weighted by atomic mass is 32.1. The third-order valence-electron chi connectivity index (χ3n) is 3.22. The van der Waals surface area contributed by atoms with Gasteiger partial charge in [0.1, 0.15) is 0 Å². The van der Waals surface area contributed by atoms with E-state index in [1.165, 1.54) is 6.42 Å². The lowest BCUT2D eigenvalue weighted by atomic mass is 9.82. The van der Waals surface area contributed by atoms with E-state index in [-0.39, 0.29) is 11.0 Å². The molecule has 2 atom stereocenters. The van der Waals surface area contributed by atoms with Crippen LogP contribution in [-0.4, -0.2) is 37.2 Å². The minimum atomic E-state index is 0.149. The molecule has 0 aromatic rings. The molecular weight excluding hydrogens is 236 g/mol. The molecule has 0 unspecified atom stereocenters. The summed E-state index contributed by atoms with van der Waals surface area (Å²) in [6.45, 7) is 8.71. The summed E-state index contributed by atoms with van der Waals surface area (Å²) in [4.78, 5) is 0. The van der Waals surface area contributed by atoms with E-state index in [2.05, 4.69) is 56.7 Å². The van der Waals surface area contributed by atoms with Gasteiger partial charge in [0.25, 0.3) is 0 Å². The molecule has 0 rings (SSSR count). The van der Waals surface area contributed by atoms with E-state index in [9.17, 15) is 0 Å². The molecular formula is C12H28N2S2. The Morgan fingerprint density at radius 3 is 2.06 bits per heavy atom. The third kappa shape index (κ3) is 5.80. The van der Waals surface area contributed by atoms with Crippen LogP contribution in [0.1, 0.15) is 33.6 Å². The highest BCUT2D eigenvalue weighted by Crippen LogP contribution is 2.28. The number of rotatable bonds is 9. The van der Waals surface area contributed by atoms with Gasteiger partial charge in [0.05, 0.1) is 0 Å². The standard InChI is InChI=1S/C12H28N2S2/c1-5-14-12(3,10-16)7-6-11(2,9-15)8-13-4/h13-16H,5-10H2,1-4H3/t11-,12-/m0/s1. The van der Waals surface area contributed by atoms with Crippen LogP contribution >= 0.6 is 25.3 Å². The Balaban J connectivity index is 4.26. The lowest BCUT2D eigenvalue weighted by Gasteiger charge is -2.35. The van der Waals surface area contributed by atoms with Crippen LogP contribution < -0.4 is 10.6 Å². The van der Waals surface area contributed by atoms with Crippen molar-refractivity contribution < 1.29 is 0 Å². The van der Waals surface area contributed by atoms with Crippen molar-refractivity contribution >= 4 is 25.3 Å². The molecule has 0 aromatic heterocycles. The first-order chi connectivity index (χ1) is 7.45. The highest BCUT2D eigenvalue weighted by molar-refractivity contribution is 7.80. The normalized spacial score (nSPS) is 19.1. The van der Waals surface area contributed by atoms with Gasteiger partial charge < -0.3 is 10.6 Å². The number of nitrogens with one attached hydrogen (secondary N) is 2. The maximum atomic E-state index is 4.47. The molecule has 0 radical (unpaired) electrons. The second-order valence-corrected chi connectivity index (χ2v) is 5.88. The minimum Gasteiger partial charge on any atom is -0.319 e. The second kappa shape index (κ2) is 7.85. The topological polar surface area (TPSA) is 24.1 Å². The first-order valence-electron chi connectivity index (χ1n) is 6.06. The zero-order valence-corrected chi connectivity index (χ0v) is 12.9. The minimum absolute atomic E-state index is 0.149. The quantitative estimate of drug-likeness (QED) is 0.480. The van der Waals surface area contributed by atoms with Crippen LogP contribution in [0.2, 0.25) is 0 Å². The fourth-order valence-electron chi connectivity index (χ4n) is 1.88. The fourth-order valence-corrected chi connectivity index (χ4v) is 2.42. The molecule has 2 N–H and O–H groups in total. The van der Waals surface area contributed by atoms with Gasteiger partial charge in [0.2, 0.25) is 0 Å². The molecule has 0 aliphatic rings. The number of hydrogen-bond acceptors (Lipinski definition) is 4. The van der Waals surface area contributed by atoms with E-state index in [0.717, 1.165) is 31.0 Å². The molecule has 4 heteroatoms. The molecule has 0 fully saturated rings. The van der Waals surface area contributed by atoms with Crippen molar-refractivity contribution in [3.8, 4) is 0 Å². The van der Waals surface area contributed by atoms with Crippen LogP contribution in [0.25, 0.3) is 0 Å². The lowest BCUT2D eigenvalue weighted by Crippen LogP contribution is -2.45. The van der Waals surface area contributed by atoms with Gasteiger partial charge in [-0.2, -0.15) is 25.3 Å². The van der Waals surface area contributed by atoms with Crippen molar-refractivity contribution in [3.05, 3.63) is 0 Å². The summed E-state index contributed by atoms with van der Waals surface area (Å²) >= 11 is 8.92. The molecule has 0 aliphatic carbocycles. The summed E-state index contributed by atoms with van der Waals surface area (Å²) in [7, 11) is 2.00. The van der Waals surface area contributed by atoms with Crippen LogP contribution in [-0.2, 0) is 0 Å². The van der Waals surface area contributed by atoms with E-state index in [4.69, 9.17) is 0 Å². The molecule has 0 saturated carbocycles. The molecule has 0 amide bonds. The fraction of sp³-hybridized carbons (Fsp3) is 1.00. The van der Waals surface area contributed by atoms with Gasteiger partial charge in [-0.05, 0) is 44.5 Å². The van der Waals surface area contributed by atoms with E-state index in [1.54, 1.807) is 0 Å². The first-order valence-corrected chi connectivity index (χ1v) is 7.33. The Labute approximate surface area is 112 Å². The summed E-state index contributed by atoms with van der Waals surface area (Å²) in [6, 6.07) is 0. The van der Waals surface area contributed by atoms with Crippen molar-refractivity contribution in [1.82, 2.24) is 10.6 Å². The zero-order chi connectivity index (χ0) is 12.7. The second-order valence-electron chi connectivity index (χ2n) is 5.25. The van der Waals surface area contributed by atoms with Crippen LogP contribution in [0, 0.1) is 5.41 Å². The summed E-state index contributed by atoms with van der Waals surface area (Å²) in [5.74, 6) is 1.80. The van der Waals surface area contributed by atoms with Crippen LogP contribution in [0.3, 0.4) is 0 Å². The predicted octanol–water partition coefficient (Wildman–Crippen LogP) is 2.22. The average Bonchev–Trinajstić information content (AvgIpc) is 2.27. The summed E-state index contributed by atoms with van der Waals surface area (Å²) in [5, 5.41) is 6.78. The van der Waals surface area contributed by atoms with Gasteiger partial charge in [-0.3, -0.25) is 0 Å². The molecule has 0 aromatic carbocycles. The van der Waals surface area contributed by atoms with Crippen molar-refractivity contribution in [2.75, 3.05) is 31.6 Å². The maximum absolute atomic E-state index is 4.47. The average molecular weight is 265 g/mol. The van der Waals surface area contributed by atoms with Crippen LogP contribution in [0.4, 0.5) is 0 Å². The van der Waals surface area contributed by atoms with Crippen molar-refractivity contribution in [3.63, 3.8) is 0 Å². The largest absolute Gasteiger partial charge is 0.319 e. The van der Waals surface area contributed by atoms with Crippen LogP contribution in [0.15, 0.2) is 0 Å². The monoisotopic (exact) mass is 264 g/mol. The molecule has 0 bridgehead atoms. The molecule has 0 heterocycles. The smallest absolute Gasteiger partial charge is 0.0241 e. The molecule has 0 aliphatic heterocycles. The Kier molecular flexibility index (Phi) is 8.16. The third-order valence-corrected chi connectivity index (χ3v) is 4.68. The Morgan fingerprint density at radius 2 is 1.69 bits per heavy atom. The van der Waals surface area contributed by atoms with E-state index >= 15 is 0 Å². The van der Waals surface area contributed by atoms with Gasteiger partial charge in [-0.1, -0.05) is 13.8 Å².